The van der Waals surface area contributed by atoms with E-state index in [1.165, 1.54) is 0 Å². The van der Waals surface area contributed by atoms with E-state index >= 15 is 0 Å². The van der Waals surface area contributed by atoms with Gasteiger partial charge in [0.25, 0.3) is 0 Å². The highest BCUT2D eigenvalue weighted by atomic mass is 16.7. The number of phenolic OH excluding ortho intramolecular Hbond substituents is 2. The normalized spacial score (nSPS) is 26.6. The third-order valence-electron chi connectivity index (χ3n) is 4.76. The smallest absolute Gasteiger partial charge is 0.231 e. The van der Waals surface area contributed by atoms with E-state index in [0.717, 1.165) is 12.1 Å². The lowest BCUT2D eigenvalue weighted by Crippen LogP contribution is -2.59. The van der Waals surface area contributed by atoms with E-state index < -0.39 is 53.6 Å². The quantitative estimate of drug-likeness (QED) is 0.340. The lowest BCUT2D eigenvalue weighted by atomic mass is 10.0. The molecule has 0 bridgehead atoms. The first-order chi connectivity index (χ1) is 14.3. The average Bonchev–Trinajstić information content (AvgIpc) is 2.73. The Balaban J connectivity index is 1.76. The summed E-state index contributed by atoms with van der Waals surface area (Å²) in [6, 6.07) is 10.9. The molecule has 0 spiro atoms. The molecule has 0 aliphatic carbocycles. The minimum atomic E-state index is -1.89. The molecule has 0 radical (unpaired) electrons. The van der Waals surface area contributed by atoms with Crippen molar-refractivity contribution in [3.63, 3.8) is 0 Å². The molecule has 1 aliphatic heterocycles. The fraction of sp³-hybridized carbons (Fsp3) is 0.250. The van der Waals surface area contributed by atoms with Crippen LogP contribution in [0.4, 0.5) is 0 Å². The third kappa shape index (κ3) is 3.36. The summed E-state index contributed by atoms with van der Waals surface area (Å²) < 4.78 is 15.7. The molecule has 5 atom stereocenters. The number of ether oxygens (including phenoxy) is 2. The van der Waals surface area contributed by atoms with Gasteiger partial charge in [-0.2, -0.15) is 0 Å². The van der Waals surface area contributed by atoms with Gasteiger partial charge in [0, 0.05) is 17.7 Å². The second-order valence-electron chi connectivity index (χ2n) is 6.77. The Labute approximate surface area is 168 Å². The molecule has 158 valence electrons. The van der Waals surface area contributed by atoms with E-state index in [-0.39, 0.29) is 16.7 Å². The van der Waals surface area contributed by atoms with Crippen LogP contribution in [0.1, 0.15) is 0 Å². The molecule has 0 amide bonds. The van der Waals surface area contributed by atoms with Gasteiger partial charge in [-0.25, -0.2) is 0 Å². The van der Waals surface area contributed by atoms with Gasteiger partial charge in [-0.3, -0.25) is 4.79 Å². The number of hydrogen-bond acceptors (Lipinski definition) is 10. The Kier molecular flexibility index (Phi) is 5.10. The molecular weight excluding hydrogens is 400 g/mol. The minimum absolute atomic E-state index is 0.121. The van der Waals surface area contributed by atoms with Crippen molar-refractivity contribution < 1.29 is 44.5 Å². The van der Waals surface area contributed by atoms with Gasteiger partial charge in [0.1, 0.15) is 35.0 Å². The maximum atomic E-state index is 12.6. The second-order valence-corrected chi connectivity index (χ2v) is 6.77. The summed E-state index contributed by atoms with van der Waals surface area (Å²) in [5.74, 6) is -1.86. The number of benzene rings is 2. The van der Waals surface area contributed by atoms with E-state index in [1.54, 1.807) is 30.3 Å². The van der Waals surface area contributed by atoms with Gasteiger partial charge in [0.2, 0.25) is 12.0 Å². The number of hydrogen-bond donors (Lipinski definition) is 6. The predicted molar refractivity (Wildman–Crippen MR) is 101 cm³/mol. The summed E-state index contributed by atoms with van der Waals surface area (Å²) >= 11 is 0. The van der Waals surface area contributed by atoms with Gasteiger partial charge < -0.3 is 44.5 Å². The van der Waals surface area contributed by atoms with Crippen LogP contribution in [0.15, 0.2) is 51.7 Å². The van der Waals surface area contributed by atoms with Gasteiger partial charge in [0.15, 0.2) is 23.2 Å². The molecule has 1 saturated heterocycles. The summed E-state index contributed by atoms with van der Waals surface area (Å²) in [5.41, 5.74) is -0.140. The molecular formula is C20H18O10. The maximum Gasteiger partial charge on any atom is 0.231 e. The maximum absolute atomic E-state index is 12.6. The number of phenols is 2. The lowest BCUT2D eigenvalue weighted by molar-refractivity contribution is -0.321. The van der Waals surface area contributed by atoms with Crippen molar-refractivity contribution in [3.8, 4) is 28.6 Å². The molecule has 10 nitrogen and oxygen atoms in total. The minimum Gasteiger partial charge on any atom is -0.504 e. The summed E-state index contributed by atoms with van der Waals surface area (Å²) in [6.07, 6.45) is -9.08. The number of aromatic hydroxyl groups is 2. The van der Waals surface area contributed by atoms with Crippen molar-refractivity contribution in [3.05, 3.63) is 52.7 Å². The Morgan fingerprint density at radius 3 is 2.30 bits per heavy atom. The van der Waals surface area contributed by atoms with Gasteiger partial charge in [-0.05, 0) is 0 Å². The zero-order valence-corrected chi connectivity index (χ0v) is 15.2. The molecule has 2 heterocycles. The number of rotatable bonds is 3. The Bertz CT molecular complexity index is 1130. The van der Waals surface area contributed by atoms with Crippen LogP contribution in [0.25, 0.3) is 22.3 Å². The molecule has 6 N–H and O–H groups in total. The Morgan fingerprint density at radius 2 is 1.60 bits per heavy atom. The van der Waals surface area contributed by atoms with Crippen molar-refractivity contribution in [2.75, 3.05) is 0 Å². The standard InChI is InChI=1S/C20H18O10/c21-9-6-11(8-4-2-1-3-5-8)28-12-7-10(22)18(14(23)13(9)12)29-20-17(26)15(24)16(25)19(27)30-20/h1-7,15-17,19-20,22-27H/t15-,16-,17+,19-,20-/m0/s1. The highest BCUT2D eigenvalue weighted by Crippen LogP contribution is 2.43. The number of fused-ring (bicyclic) bond motifs is 1. The molecule has 1 aliphatic rings. The molecule has 4 rings (SSSR count). The summed E-state index contributed by atoms with van der Waals surface area (Å²) in [6.45, 7) is 0. The van der Waals surface area contributed by atoms with Crippen LogP contribution in [0, 0.1) is 0 Å². The second kappa shape index (κ2) is 7.59. The van der Waals surface area contributed by atoms with Crippen molar-refractivity contribution in [2.24, 2.45) is 0 Å². The van der Waals surface area contributed by atoms with E-state index in [1.807, 2.05) is 0 Å². The SMILES string of the molecule is O=c1cc(-c2ccccc2)oc2cc(O)c(O[C@H]3O[C@H](O)[C@@H](O)[C@H](O)[C@H]3O)c(O)c12. The van der Waals surface area contributed by atoms with Crippen molar-refractivity contribution >= 4 is 11.0 Å². The molecule has 1 aromatic heterocycles. The molecule has 1 fully saturated rings. The largest absolute Gasteiger partial charge is 0.504 e. The predicted octanol–water partition coefficient (Wildman–Crippen LogP) is 0.00740. The van der Waals surface area contributed by atoms with Crippen LogP contribution in [-0.4, -0.2) is 61.5 Å². The van der Waals surface area contributed by atoms with Gasteiger partial charge in [-0.15, -0.1) is 0 Å². The van der Waals surface area contributed by atoms with Crippen LogP contribution < -0.4 is 10.2 Å². The fourth-order valence-electron chi connectivity index (χ4n) is 3.18. The molecule has 3 aromatic rings. The van der Waals surface area contributed by atoms with Crippen LogP contribution in [-0.2, 0) is 4.74 Å². The van der Waals surface area contributed by atoms with Gasteiger partial charge in [0.05, 0.1) is 0 Å². The number of aliphatic hydroxyl groups excluding tert-OH is 4. The van der Waals surface area contributed by atoms with E-state index in [4.69, 9.17) is 13.9 Å². The van der Waals surface area contributed by atoms with Crippen LogP contribution in [0.3, 0.4) is 0 Å². The van der Waals surface area contributed by atoms with Crippen molar-refractivity contribution in [1.29, 1.82) is 0 Å². The van der Waals surface area contributed by atoms with Crippen LogP contribution in [0.2, 0.25) is 0 Å². The molecule has 0 unspecified atom stereocenters. The van der Waals surface area contributed by atoms with Crippen molar-refractivity contribution in [1.82, 2.24) is 0 Å². The van der Waals surface area contributed by atoms with Crippen molar-refractivity contribution in [2.45, 2.75) is 30.9 Å². The summed E-state index contributed by atoms with van der Waals surface area (Å²) in [7, 11) is 0. The molecule has 10 heteroatoms. The Morgan fingerprint density at radius 1 is 0.900 bits per heavy atom. The Hall–Kier alpha value is -3.15. The molecule has 0 saturated carbocycles. The highest BCUT2D eigenvalue weighted by Gasteiger charge is 2.45. The zero-order valence-electron chi connectivity index (χ0n) is 15.2. The highest BCUT2D eigenvalue weighted by molar-refractivity contribution is 5.89. The first kappa shape index (κ1) is 20.1. The first-order valence-electron chi connectivity index (χ1n) is 8.90. The van der Waals surface area contributed by atoms with Gasteiger partial charge in [-0.1, -0.05) is 30.3 Å². The van der Waals surface area contributed by atoms with Gasteiger partial charge >= 0.3 is 0 Å². The molecule has 2 aromatic carbocycles. The van der Waals surface area contributed by atoms with E-state index in [2.05, 4.69) is 0 Å². The first-order valence-corrected chi connectivity index (χ1v) is 8.90. The van der Waals surface area contributed by atoms with Crippen LogP contribution in [0.5, 0.6) is 17.2 Å². The average molecular weight is 418 g/mol. The summed E-state index contributed by atoms with van der Waals surface area (Å²) in [5, 5.41) is 59.3. The van der Waals surface area contributed by atoms with Crippen LogP contribution >= 0.6 is 0 Å². The molecule has 30 heavy (non-hydrogen) atoms. The van der Waals surface area contributed by atoms with E-state index in [0.29, 0.717) is 5.56 Å². The zero-order chi connectivity index (χ0) is 21.6. The fourth-order valence-corrected chi connectivity index (χ4v) is 3.18. The monoisotopic (exact) mass is 418 g/mol. The summed E-state index contributed by atoms with van der Waals surface area (Å²) in [4.78, 5) is 12.6. The third-order valence-corrected chi connectivity index (χ3v) is 4.76. The number of aliphatic hydroxyl groups is 4. The topological polar surface area (TPSA) is 170 Å². The lowest BCUT2D eigenvalue weighted by Gasteiger charge is -2.37. The van der Waals surface area contributed by atoms with E-state index in [9.17, 15) is 35.4 Å².